The van der Waals surface area contributed by atoms with Crippen molar-refractivity contribution in [1.29, 1.82) is 0 Å². The average Bonchev–Trinajstić information content (AvgIpc) is 2.90. The average molecular weight is 548 g/mol. The Bertz CT molecular complexity index is 1160. The first kappa shape index (κ1) is 31.9. The van der Waals surface area contributed by atoms with Gasteiger partial charge in [0.05, 0.1) is 0 Å². The van der Waals surface area contributed by atoms with Crippen molar-refractivity contribution in [2.24, 2.45) is 10.9 Å². The van der Waals surface area contributed by atoms with Crippen LogP contribution < -0.4 is 4.74 Å². The zero-order chi connectivity index (χ0) is 28.8. The van der Waals surface area contributed by atoms with E-state index in [0.29, 0.717) is 12.8 Å². The zero-order valence-electron chi connectivity index (χ0n) is 22.9. The molecule has 4 nitrogen and oxygen atoms in total. The van der Waals surface area contributed by atoms with Crippen LogP contribution in [0.25, 0.3) is 0 Å². The Morgan fingerprint density at radius 3 is 2.23 bits per heavy atom. The highest BCUT2D eigenvalue weighted by atomic mass is 19.2. The lowest BCUT2D eigenvalue weighted by Crippen LogP contribution is -2.25. The molecule has 8 heteroatoms. The van der Waals surface area contributed by atoms with E-state index >= 15 is 0 Å². The molecular formula is C31H37F4NO3. The van der Waals surface area contributed by atoms with Gasteiger partial charge < -0.3 is 4.74 Å². The van der Waals surface area contributed by atoms with E-state index in [9.17, 15) is 27.2 Å². The molecule has 0 radical (unpaired) electrons. The second-order valence-corrected chi connectivity index (χ2v) is 9.79. The summed E-state index contributed by atoms with van der Waals surface area (Å²) >= 11 is 0. The molecule has 1 unspecified atom stereocenters. The highest BCUT2D eigenvalue weighted by Crippen LogP contribution is 2.26. The van der Waals surface area contributed by atoms with Crippen LogP contribution in [0, 0.1) is 29.2 Å². The van der Waals surface area contributed by atoms with Crippen LogP contribution in [0.15, 0.2) is 58.7 Å². The molecular weight excluding hydrogens is 510 g/mol. The molecule has 0 aliphatic heterocycles. The lowest BCUT2D eigenvalue weighted by atomic mass is 9.94. The fraction of sp³-hybridized carbons (Fsp3) is 0.452. The highest BCUT2D eigenvalue weighted by Gasteiger charge is 2.25. The first-order chi connectivity index (χ1) is 18.6. The van der Waals surface area contributed by atoms with Crippen molar-refractivity contribution in [1.82, 2.24) is 0 Å². The molecule has 2 rings (SSSR count). The molecule has 0 spiro atoms. The summed E-state index contributed by atoms with van der Waals surface area (Å²) in [5.41, 5.74) is 1.60. The molecule has 0 saturated heterocycles. The summed E-state index contributed by atoms with van der Waals surface area (Å²) in [4.78, 5) is 29.7. The number of amides is 1. The van der Waals surface area contributed by atoms with E-state index in [1.807, 2.05) is 50.3 Å². The van der Waals surface area contributed by atoms with Gasteiger partial charge in [-0.25, -0.2) is 23.0 Å². The number of nitrogens with zero attached hydrogens (tertiary/aromatic N) is 1. The number of ether oxygens (including phenoxy) is 1. The maximum atomic E-state index is 14.2. The molecule has 0 N–H and O–H groups in total. The largest absolute Gasteiger partial charge is 0.419 e. The van der Waals surface area contributed by atoms with Crippen molar-refractivity contribution >= 4 is 17.6 Å². The molecule has 0 fully saturated rings. The summed E-state index contributed by atoms with van der Waals surface area (Å²) in [6.45, 7) is 5.95. The Balaban J connectivity index is 2.26. The number of hydrogen-bond acceptors (Lipinski definition) is 3. The molecule has 212 valence electrons. The summed E-state index contributed by atoms with van der Waals surface area (Å²) in [6.07, 6.45) is 19.1. The molecule has 0 saturated carbocycles. The van der Waals surface area contributed by atoms with Gasteiger partial charge in [-0.2, -0.15) is 4.39 Å². The van der Waals surface area contributed by atoms with Crippen molar-refractivity contribution < 1.29 is 31.9 Å². The minimum atomic E-state index is -2.10. The molecule has 0 heterocycles. The monoisotopic (exact) mass is 547 g/mol. The van der Waals surface area contributed by atoms with Gasteiger partial charge in [-0.15, -0.1) is 0 Å². The number of carbonyl (C=O) groups excluding carboxylic acids is 2. The van der Waals surface area contributed by atoms with E-state index in [-0.39, 0.29) is 30.5 Å². The summed E-state index contributed by atoms with van der Waals surface area (Å²) in [5.74, 6) is -10.8. The van der Waals surface area contributed by atoms with Crippen LogP contribution in [0.3, 0.4) is 0 Å². The van der Waals surface area contributed by atoms with Crippen LogP contribution in [-0.4, -0.2) is 17.6 Å². The number of carbonyl (C=O) groups is 2. The quantitative estimate of drug-likeness (QED) is 0.0500. The van der Waals surface area contributed by atoms with E-state index in [0.717, 1.165) is 43.3 Å². The van der Waals surface area contributed by atoms with Gasteiger partial charge in [0.2, 0.25) is 17.5 Å². The Kier molecular flexibility index (Phi) is 13.6. The van der Waals surface area contributed by atoms with Gasteiger partial charge in [0.1, 0.15) is 5.71 Å². The lowest BCUT2D eigenvalue weighted by molar-refractivity contribution is -0.128. The third-order valence-corrected chi connectivity index (χ3v) is 6.29. The molecule has 0 aromatic heterocycles. The van der Waals surface area contributed by atoms with Crippen molar-refractivity contribution in [3.63, 3.8) is 0 Å². The van der Waals surface area contributed by atoms with Gasteiger partial charge in [-0.1, -0.05) is 93.1 Å². The molecule has 0 bridgehead atoms. The highest BCUT2D eigenvalue weighted by molar-refractivity contribution is 6.38. The number of esters is 1. The predicted molar refractivity (Wildman–Crippen MR) is 145 cm³/mol. The van der Waals surface area contributed by atoms with E-state index in [1.54, 1.807) is 0 Å². The summed E-state index contributed by atoms with van der Waals surface area (Å²) in [6, 6.07) is 0.250. The molecule has 39 heavy (non-hydrogen) atoms. The Labute approximate surface area is 228 Å². The number of allylic oxidation sites excluding steroid dienone is 8. The lowest BCUT2D eigenvalue weighted by Gasteiger charge is -2.15. The van der Waals surface area contributed by atoms with Gasteiger partial charge in [0, 0.05) is 18.9 Å². The van der Waals surface area contributed by atoms with Gasteiger partial charge in [0.15, 0.2) is 17.4 Å². The van der Waals surface area contributed by atoms with Gasteiger partial charge in [-0.05, 0) is 32.6 Å². The molecule has 1 aromatic rings. The van der Waals surface area contributed by atoms with E-state index < -0.39 is 40.9 Å². The van der Waals surface area contributed by atoms with Crippen LogP contribution >= 0.6 is 0 Å². The van der Waals surface area contributed by atoms with E-state index in [4.69, 9.17) is 4.74 Å². The molecule has 1 amide bonds. The van der Waals surface area contributed by atoms with E-state index in [2.05, 4.69) is 11.9 Å². The first-order valence-corrected chi connectivity index (χ1v) is 13.5. The van der Waals surface area contributed by atoms with Crippen molar-refractivity contribution in [3.8, 4) is 5.75 Å². The fourth-order valence-electron chi connectivity index (χ4n) is 4.10. The Morgan fingerprint density at radius 1 is 0.897 bits per heavy atom. The predicted octanol–water partition coefficient (Wildman–Crippen LogP) is 8.67. The third-order valence-electron chi connectivity index (χ3n) is 6.29. The minimum Gasteiger partial charge on any atom is -0.419 e. The Morgan fingerprint density at radius 2 is 1.54 bits per heavy atom. The summed E-state index contributed by atoms with van der Waals surface area (Å²) in [5, 5.41) is 0. The van der Waals surface area contributed by atoms with Gasteiger partial charge >= 0.3 is 5.97 Å². The number of rotatable bonds is 12. The molecule has 1 aliphatic carbocycles. The maximum Gasteiger partial charge on any atom is 0.358 e. The fourth-order valence-corrected chi connectivity index (χ4v) is 4.10. The first-order valence-electron chi connectivity index (χ1n) is 13.5. The summed E-state index contributed by atoms with van der Waals surface area (Å²) < 4.78 is 59.8. The van der Waals surface area contributed by atoms with Crippen LogP contribution in [0.1, 0.15) is 85.0 Å². The smallest absolute Gasteiger partial charge is 0.358 e. The molecule has 1 aromatic carbocycles. The van der Waals surface area contributed by atoms with E-state index in [1.165, 1.54) is 6.42 Å². The van der Waals surface area contributed by atoms with Crippen molar-refractivity contribution in [2.45, 2.75) is 85.0 Å². The number of aliphatic imine (C=N–C) groups is 1. The number of benzene rings is 1. The summed E-state index contributed by atoms with van der Waals surface area (Å²) in [7, 11) is 0. The molecule has 1 atom stereocenters. The number of unbranched alkanes of at least 4 members (excludes halogenated alkanes) is 6. The SMILES string of the molecule is CCCCCCCCCC(=O)/N=C(/CC1/C=C(C)/C=C\C=C/C(C)=C/C1)C(=O)Oc1cc(F)c(F)c(F)c1F. The van der Waals surface area contributed by atoms with Crippen LogP contribution in [0.4, 0.5) is 17.6 Å². The van der Waals surface area contributed by atoms with Crippen LogP contribution in [0.2, 0.25) is 0 Å². The maximum absolute atomic E-state index is 14.2. The number of halogens is 4. The Hall–Kier alpha value is -3.29. The third kappa shape index (κ3) is 11.2. The van der Waals surface area contributed by atoms with Gasteiger partial charge in [-0.3, -0.25) is 4.79 Å². The number of hydrogen-bond donors (Lipinski definition) is 0. The van der Waals surface area contributed by atoms with Crippen LogP contribution in [0.5, 0.6) is 5.75 Å². The second-order valence-electron chi connectivity index (χ2n) is 9.79. The van der Waals surface area contributed by atoms with Gasteiger partial charge in [0.25, 0.3) is 0 Å². The minimum absolute atomic E-state index is 0.0337. The van der Waals surface area contributed by atoms with Crippen molar-refractivity contribution in [2.75, 3.05) is 0 Å². The second kappa shape index (κ2) is 16.6. The van der Waals surface area contributed by atoms with Crippen LogP contribution in [-0.2, 0) is 9.59 Å². The molecule has 1 aliphatic rings. The topological polar surface area (TPSA) is 55.7 Å². The standard InChI is InChI=1S/C31H37F4NO3/c1-4-5-6-7-8-9-10-15-27(37)36-25(19-23-17-16-21(2)13-11-12-14-22(3)18-23)31(38)39-26-20-24(32)28(33)30(35)29(26)34/h11-14,16,18,20,23H,4-10,15,17,19H2,1-3H3/b13-11-,14-12-,21-16+,22-18+,36-25-. The zero-order valence-corrected chi connectivity index (χ0v) is 22.9. The van der Waals surface area contributed by atoms with Crippen molar-refractivity contribution in [3.05, 3.63) is 76.9 Å². The normalized spacial score (nSPS) is 20.4.